The summed E-state index contributed by atoms with van der Waals surface area (Å²) in [7, 11) is 3.62. The van der Waals surface area contributed by atoms with E-state index in [0.717, 1.165) is 12.1 Å². The van der Waals surface area contributed by atoms with Gasteiger partial charge < -0.3 is 5.32 Å². The Bertz CT molecular complexity index is 696. The van der Waals surface area contributed by atoms with Gasteiger partial charge in [0.25, 0.3) is 5.56 Å². The fourth-order valence-electron chi connectivity index (χ4n) is 1.86. The maximum absolute atomic E-state index is 12.0. The third kappa shape index (κ3) is 4.05. The summed E-state index contributed by atoms with van der Waals surface area (Å²) >= 11 is 5.86. The van der Waals surface area contributed by atoms with E-state index in [-0.39, 0.29) is 10.7 Å². The van der Waals surface area contributed by atoms with Crippen LogP contribution in [-0.4, -0.2) is 32.8 Å². The molecule has 0 radical (unpaired) electrons. The van der Waals surface area contributed by atoms with Gasteiger partial charge in [-0.3, -0.25) is 9.69 Å². The lowest BCUT2D eigenvalue weighted by Gasteiger charge is -2.20. The average Bonchev–Trinajstić information content (AvgIpc) is 2.46. The van der Waals surface area contributed by atoms with E-state index in [0.29, 0.717) is 17.5 Å². The summed E-state index contributed by atoms with van der Waals surface area (Å²) in [6.45, 7) is 5.12. The Morgan fingerprint density at radius 3 is 2.73 bits per heavy atom. The van der Waals surface area contributed by atoms with Crippen LogP contribution in [0.25, 0.3) is 0 Å². The minimum absolute atomic E-state index is 0.250. The average molecular weight is 322 g/mol. The number of aromatic nitrogens is 3. The van der Waals surface area contributed by atoms with Gasteiger partial charge in [-0.15, -0.1) is 0 Å². The van der Waals surface area contributed by atoms with E-state index in [1.165, 1.54) is 10.7 Å². The number of pyridine rings is 1. The van der Waals surface area contributed by atoms with Crippen LogP contribution in [0.4, 0.5) is 11.5 Å². The molecule has 0 bridgehead atoms. The summed E-state index contributed by atoms with van der Waals surface area (Å²) in [4.78, 5) is 18.5. The maximum atomic E-state index is 12.0. The third-order valence-corrected chi connectivity index (χ3v) is 3.62. The third-order valence-electron chi connectivity index (χ3n) is 3.43. The zero-order valence-electron chi connectivity index (χ0n) is 13.2. The second-order valence-electron chi connectivity index (χ2n) is 5.50. The van der Waals surface area contributed by atoms with E-state index >= 15 is 0 Å². The Hall–Kier alpha value is -1.92. The van der Waals surface area contributed by atoms with Crippen LogP contribution in [0, 0.1) is 0 Å². The monoisotopic (exact) mass is 321 g/mol. The van der Waals surface area contributed by atoms with E-state index in [1.54, 1.807) is 13.2 Å². The van der Waals surface area contributed by atoms with Crippen molar-refractivity contribution in [3.8, 4) is 0 Å². The fourth-order valence-corrected chi connectivity index (χ4v) is 2.09. The topological polar surface area (TPSA) is 63.1 Å². The molecule has 2 aromatic rings. The Morgan fingerprint density at radius 1 is 1.41 bits per heavy atom. The lowest BCUT2D eigenvalue weighted by molar-refractivity contribution is 0.265. The van der Waals surface area contributed by atoms with Crippen LogP contribution in [0.1, 0.15) is 19.4 Å². The molecule has 2 rings (SSSR count). The van der Waals surface area contributed by atoms with Gasteiger partial charge in [-0.1, -0.05) is 17.7 Å². The number of nitrogens with one attached hydrogen (secondary N) is 1. The number of hydrogen-bond acceptors (Lipinski definition) is 5. The van der Waals surface area contributed by atoms with Crippen LogP contribution in [0.3, 0.4) is 0 Å². The van der Waals surface area contributed by atoms with Crippen LogP contribution in [0.5, 0.6) is 0 Å². The molecule has 6 nitrogen and oxygen atoms in total. The summed E-state index contributed by atoms with van der Waals surface area (Å²) in [6.07, 6.45) is 1.80. The van der Waals surface area contributed by atoms with Gasteiger partial charge in [0.15, 0.2) is 5.15 Å². The molecule has 2 heterocycles. The Kier molecular flexibility index (Phi) is 5.15. The molecule has 0 aromatic carbocycles. The summed E-state index contributed by atoms with van der Waals surface area (Å²) in [6, 6.07) is 5.80. The van der Waals surface area contributed by atoms with Crippen molar-refractivity contribution in [2.45, 2.75) is 26.4 Å². The van der Waals surface area contributed by atoms with Gasteiger partial charge in [0, 0.05) is 31.9 Å². The van der Waals surface area contributed by atoms with Gasteiger partial charge in [-0.05, 0) is 32.5 Å². The second kappa shape index (κ2) is 6.89. The van der Waals surface area contributed by atoms with E-state index in [2.05, 4.69) is 41.2 Å². The number of anilines is 2. The van der Waals surface area contributed by atoms with Crippen molar-refractivity contribution in [3.05, 3.63) is 45.5 Å². The van der Waals surface area contributed by atoms with Crippen LogP contribution in [0.15, 0.2) is 29.2 Å². The number of nitrogens with zero attached hydrogens (tertiary/aromatic N) is 4. The first kappa shape index (κ1) is 16.5. The van der Waals surface area contributed by atoms with Crippen molar-refractivity contribution in [2.24, 2.45) is 7.05 Å². The van der Waals surface area contributed by atoms with Gasteiger partial charge in [0.05, 0.1) is 0 Å². The van der Waals surface area contributed by atoms with Crippen molar-refractivity contribution >= 4 is 23.1 Å². The Labute approximate surface area is 134 Å². The SMILES string of the molecule is CC(C)N(C)Cc1ccc(Nc2cc(Cl)nn(C)c2=O)nc1. The van der Waals surface area contributed by atoms with Crippen molar-refractivity contribution in [1.29, 1.82) is 0 Å². The van der Waals surface area contributed by atoms with Crippen molar-refractivity contribution in [3.63, 3.8) is 0 Å². The molecule has 7 heteroatoms. The highest BCUT2D eigenvalue weighted by Gasteiger charge is 2.07. The molecule has 0 unspecified atom stereocenters. The lowest BCUT2D eigenvalue weighted by Crippen LogP contribution is -2.25. The molecule has 0 fully saturated rings. The van der Waals surface area contributed by atoms with E-state index in [1.807, 2.05) is 12.1 Å². The molecule has 0 aliphatic carbocycles. The first-order valence-electron chi connectivity index (χ1n) is 7.03. The van der Waals surface area contributed by atoms with Crippen molar-refractivity contribution in [2.75, 3.05) is 12.4 Å². The molecule has 118 valence electrons. The van der Waals surface area contributed by atoms with Crippen LogP contribution < -0.4 is 10.9 Å². The molecular formula is C15H20ClN5O. The van der Waals surface area contributed by atoms with Crippen molar-refractivity contribution in [1.82, 2.24) is 19.7 Å². The quantitative estimate of drug-likeness (QED) is 0.916. The molecule has 22 heavy (non-hydrogen) atoms. The van der Waals surface area contributed by atoms with Gasteiger partial charge in [-0.2, -0.15) is 5.10 Å². The molecule has 0 atom stereocenters. The van der Waals surface area contributed by atoms with Gasteiger partial charge in [-0.25, -0.2) is 9.67 Å². The molecule has 0 aliphatic heterocycles. The summed E-state index contributed by atoms with van der Waals surface area (Å²) < 4.78 is 1.19. The smallest absolute Gasteiger partial charge is 0.290 e. The minimum Gasteiger partial charge on any atom is -0.336 e. The Balaban J connectivity index is 2.14. The van der Waals surface area contributed by atoms with Crippen molar-refractivity contribution < 1.29 is 0 Å². The van der Waals surface area contributed by atoms with Crippen LogP contribution >= 0.6 is 11.6 Å². The van der Waals surface area contributed by atoms with Gasteiger partial charge in [0.2, 0.25) is 0 Å². The predicted molar refractivity (Wildman–Crippen MR) is 88.6 cm³/mol. The maximum Gasteiger partial charge on any atom is 0.290 e. The molecular weight excluding hydrogens is 302 g/mol. The highest BCUT2D eigenvalue weighted by Crippen LogP contribution is 2.14. The van der Waals surface area contributed by atoms with Crippen LogP contribution in [-0.2, 0) is 13.6 Å². The molecule has 0 amide bonds. The number of rotatable bonds is 5. The first-order valence-corrected chi connectivity index (χ1v) is 7.40. The summed E-state index contributed by atoms with van der Waals surface area (Å²) in [5.74, 6) is 0.593. The largest absolute Gasteiger partial charge is 0.336 e. The highest BCUT2D eigenvalue weighted by atomic mass is 35.5. The lowest BCUT2D eigenvalue weighted by atomic mass is 10.2. The van der Waals surface area contributed by atoms with Gasteiger partial charge in [0.1, 0.15) is 11.5 Å². The molecule has 0 saturated carbocycles. The zero-order chi connectivity index (χ0) is 16.3. The molecule has 2 aromatic heterocycles. The normalized spacial score (nSPS) is 11.2. The predicted octanol–water partition coefficient (Wildman–Crippen LogP) is 2.41. The molecule has 1 N–H and O–H groups in total. The molecule has 0 aliphatic rings. The van der Waals surface area contributed by atoms with E-state index in [9.17, 15) is 4.79 Å². The van der Waals surface area contributed by atoms with Crippen LogP contribution in [0.2, 0.25) is 5.15 Å². The number of aryl methyl sites for hydroxylation is 1. The molecule has 0 spiro atoms. The highest BCUT2D eigenvalue weighted by molar-refractivity contribution is 6.29. The zero-order valence-corrected chi connectivity index (χ0v) is 13.9. The van der Waals surface area contributed by atoms with E-state index < -0.39 is 0 Å². The first-order chi connectivity index (χ1) is 10.4. The van der Waals surface area contributed by atoms with Gasteiger partial charge >= 0.3 is 0 Å². The summed E-state index contributed by atoms with van der Waals surface area (Å²) in [5, 5.41) is 7.07. The minimum atomic E-state index is -0.255. The summed E-state index contributed by atoms with van der Waals surface area (Å²) in [5.41, 5.74) is 1.21. The number of halogens is 1. The van der Waals surface area contributed by atoms with E-state index in [4.69, 9.17) is 11.6 Å². The Morgan fingerprint density at radius 2 is 2.14 bits per heavy atom. The standard InChI is InChI=1S/C15H20ClN5O/c1-10(2)20(3)9-11-5-6-14(17-8-11)18-12-7-13(16)19-21(4)15(12)22/h5-8,10H,9H2,1-4H3,(H,17,18). The fraction of sp³-hybridized carbons (Fsp3) is 0.400. The second-order valence-corrected chi connectivity index (χ2v) is 5.88. The number of hydrogen-bond donors (Lipinski definition) is 1. The molecule has 0 saturated heterocycles.